The quantitative estimate of drug-likeness (QED) is 0.561. The number of aromatic nitrogens is 5. The van der Waals surface area contributed by atoms with Gasteiger partial charge in [0, 0.05) is 37.1 Å². The van der Waals surface area contributed by atoms with Crippen molar-refractivity contribution in [1.29, 1.82) is 0 Å². The third kappa shape index (κ3) is 2.96. The van der Waals surface area contributed by atoms with Gasteiger partial charge in [-0.05, 0) is 30.2 Å². The highest BCUT2D eigenvalue weighted by Crippen LogP contribution is 2.28. The summed E-state index contributed by atoms with van der Waals surface area (Å²) >= 11 is 0. The zero-order valence-corrected chi connectivity index (χ0v) is 16.5. The predicted octanol–water partition coefficient (Wildman–Crippen LogP) is 2.60. The van der Waals surface area contributed by atoms with Crippen LogP contribution < -0.4 is 10.5 Å². The predicted molar refractivity (Wildman–Crippen MR) is 111 cm³/mol. The Kier molecular flexibility index (Phi) is 4.28. The van der Waals surface area contributed by atoms with Crippen molar-refractivity contribution in [1.82, 2.24) is 29.5 Å². The van der Waals surface area contributed by atoms with E-state index in [9.17, 15) is 0 Å². The summed E-state index contributed by atoms with van der Waals surface area (Å²) in [5.41, 5.74) is 10.1. The van der Waals surface area contributed by atoms with Crippen molar-refractivity contribution in [3.63, 3.8) is 0 Å². The third-order valence-corrected chi connectivity index (χ3v) is 5.67. The van der Waals surface area contributed by atoms with Gasteiger partial charge in [-0.15, -0.1) is 5.10 Å². The average Bonchev–Trinajstić information content (AvgIpc) is 3.36. The van der Waals surface area contributed by atoms with Crippen LogP contribution >= 0.6 is 0 Å². The number of nitrogens with zero attached hydrogens (tertiary/aromatic N) is 6. The minimum atomic E-state index is 0.307. The number of anilines is 1. The normalized spacial score (nSPS) is 15.1. The number of ether oxygens (including phenoxy) is 1. The number of hydrogen-bond donors (Lipinski definition) is 1. The van der Waals surface area contributed by atoms with Gasteiger partial charge in [-0.25, -0.2) is 9.97 Å². The zero-order valence-electron chi connectivity index (χ0n) is 16.5. The number of para-hydroxylation sites is 1. The molecular weight excluding hydrogens is 366 g/mol. The summed E-state index contributed by atoms with van der Waals surface area (Å²) in [5.74, 6) is 1.75. The van der Waals surface area contributed by atoms with Crippen molar-refractivity contribution in [2.45, 2.75) is 38.9 Å². The van der Waals surface area contributed by atoms with Crippen molar-refractivity contribution >= 4 is 22.5 Å². The molecule has 1 atom stereocenters. The van der Waals surface area contributed by atoms with Crippen LogP contribution in [0, 0.1) is 0 Å². The van der Waals surface area contributed by atoms with E-state index >= 15 is 0 Å². The van der Waals surface area contributed by atoms with E-state index in [-0.39, 0.29) is 0 Å². The first-order valence-electron chi connectivity index (χ1n) is 9.82. The summed E-state index contributed by atoms with van der Waals surface area (Å²) in [6.07, 6.45) is 3.62. The molecule has 5 rings (SSSR count). The van der Waals surface area contributed by atoms with Gasteiger partial charge in [-0.2, -0.15) is 4.52 Å². The summed E-state index contributed by atoms with van der Waals surface area (Å²) in [7, 11) is 1.63. The lowest BCUT2D eigenvalue weighted by Crippen LogP contribution is -2.32. The topological polar surface area (TPSA) is 94.5 Å². The smallest absolute Gasteiger partial charge is 0.223 e. The molecule has 0 unspecified atom stereocenters. The molecule has 2 N–H and O–H groups in total. The molecule has 148 valence electrons. The van der Waals surface area contributed by atoms with Crippen LogP contribution in [-0.2, 0) is 19.5 Å². The van der Waals surface area contributed by atoms with Crippen LogP contribution in [0.1, 0.15) is 30.4 Å². The van der Waals surface area contributed by atoms with Gasteiger partial charge in [0.2, 0.25) is 5.95 Å². The number of nitrogen functional groups attached to an aromatic ring is 1. The number of fused-ring (bicyclic) bond motifs is 4. The van der Waals surface area contributed by atoms with Crippen LogP contribution in [-0.4, -0.2) is 42.6 Å². The van der Waals surface area contributed by atoms with E-state index in [1.165, 1.54) is 11.3 Å². The van der Waals surface area contributed by atoms with Crippen molar-refractivity contribution in [2.24, 2.45) is 0 Å². The summed E-state index contributed by atoms with van der Waals surface area (Å²) in [5, 5.41) is 5.54. The molecule has 29 heavy (non-hydrogen) atoms. The van der Waals surface area contributed by atoms with Gasteiger partial charge in [0.15, 0.2) is 11.5 Å². The first-order chi connectivity index (χ1) is 14.2. The Morgan fingerprint density at radius 3 is 2.86 bits per heavy atom. The minimum absolute atomic E-state index is 0.307. The van der Waals surface area contributed by atoms with E-state index in [1.54, 1.807) is 11.6 Å². The van der Waals surface area contributed by atoms with Crippen LogP contribution in [0.3, 0.4) is 0 Å². The first-order valence-corrected chi connectivity index (χ1v) is 9.82. The minimum Gasteiger partial charge on any atom is -0.494 e. The fourth-order valence-corrected chi connectivity index (χ4v) is 4.15. The number of nitrogens with two attached hydrogens (primary N) is 1. The van der Waals surface area contributed by atoms with Crippen molar-refractivity contribution in [3.8, 4) is 5.75 Å². The van der Waals surface area contributed by atoms with E-state index in [2.05, 4.69) is 33.0 Å². The SMILES string of the molecule is CC[C@H](Cc1nc2c3cccc(OC)c3nc(N)n2n1)N1Cc2cccnc2C1. The van der Waals surface area contributed by atoms with Gasteiger partial charge in [0.05, 0.1) is 12.8 Å². The summed E-state index contributed by atoms with van der Waals surface area (Å²) < 4.78 is 7.06. The molecule has 8 nitrogen and oxygen atoms in total. The van der Waals surface area contributed by atoms with E-state index in [4.69, 9.17) is 15.5 Å². The number of methoxy groups -OCH3 is 1. The average molecular weight is 389 g/mol. The largest absolute Gasteiger partial charge is 0.494 e. The maximum Gasteiger partial charge on any atom is 0.223 e. The highest BCUT2D eigenvalue weighted by molar-refractivity contribution is 5.95. The Labute approximate surface area is 168 Å². The number of pyridine rings is 1. The molecular formula is C21H23N7O. The molecule has 4 aromatic rings. The maximum absolute atomic E-state index is 6.18. The second kappa shape index (κ2) is 6.97. The lowest BCUT2D eigenvalue weighted by molar-refractivity contribution is 0.189. The molecule has 0 fully saturated rings. The van der Waals surface area contributed by atoms with Crippen molar-refractivity contribution < 1.29 is 4.74 Å². The lowest BCUT2D eigenvalue weighted by Gasteiger charge is -2.25. The standard InChI is InChI=1S/C21H23N7O/c1-3-14(27-11-13-6-5-9-23-16(13)12-27)10-18-24-20-15-7-4-8-17(29-2)19(15)25-21(22)28(20)26-18/h4-9,14H,3,10-12H2,1-2H3,(H2,22,25)/t14-/m1/s1. The Morgan fingerprint density at radius 1 is 1.17 bits per heavy atom. The highest BCUT2D eigenvalue weighted by atomic mass is 16.5. The van der Waals surface area contributed by atoms with Gasteiger partial charge < -0.3 is 10.5 Å². The molecule has 8 heteroatoms. The Hall–Kier alpha value is -3.26. The summed E-state index contributed by atoms with van der Waals surface area (Å²) in [6, 6.07) is 10.3. The third-order valence-electron chi connectivity index (χ3n) is 5.67. The molecule has 0 saturated carbocycles. The molecule has 0 bridgehead atoms. The fourth-order valence-electron chi connectivity index (χ4n) is 4.15. The second-order valence-corrected chi connectivity index (χ2v) is 7.37. The van der Waals surface area contributed by atoms with Gasteiger partial charge in [0.1, 0.15) is 11.3 Å². The van der Waals surface area contributed by atoms with E-state index in [0.717, 1.165) is 37.1 Å². The molecule has 1 aliphatic heterocycles. The van der Waals surface area contributed by atoms with Crippen LogP contribution in [0.4, 0.5) is 5.95 Å². The van der Waals surface area contributed by atoms with E-state index < -0.39 is 0 Å². The highest BCUT2D eigenvalue weighted by Gasteiger charge is 2.27. The summed E-state index contributed by atoms with van der Waals surface area (Å²) in [4.78, 5) is 16.3. The Morgan fingerprint density at radius 2 is 2.07 bits per heavy atom. The van der Waals surface area contributed by atoms with Gasteiger partial charge >= 0.3 is 0 Å². The van der Waals surface area contributed by atoms with Crippen LogP contribution in [0.25, 0.3) is 16.6 Å². The molecule has 0 spiro atoms. The lowest BCUT2D eigenvalue weighted by atomic mass is 10.1. The Bertz CT molecular complexity index is 1180. The number of hydrogen-bond acceptors (Lipinski definition) is 7. The Balaban J connectivity index is 1.49. The fraction of sp³-hybridized carbons (Fsp3) is 0.333. The molecule has 3 aromatic heterocycles. The number of benzene rings is 1. The molecule has 0 radical (unpaired) electrons. The number of rotatable bonds is 5. The van der Waals surface area contributed by atoms with Gasteiger partial charge in [-0.1, -0.05) is 19.1 Å². The van der Waals surface area contributed by atoms with E-state index in [0.29, 0.717) is 28.9 Å². The van der Waals surface area contributed by atoms with Gasteiger partial charge in [0.25, 0.3) is 0 Å². The van der Waals surface area contributed by atoms with Crippen LogP contribution in [0.2, 0.25) is 0 Å². The summed E-state index contributed by atoms with van der Waals surface area (Å²) in [6.45, 7) is 3.98. The molecule has 4 heterocycles. The molecule has 0 aliphatic carbocycles. The molecule has 1 aromatic carbocycles. The van der Waals surface area contributed by atoms with Crippen molar-refractivity contribution in [3.05, 3.63) is 53.6 Å². The zero-order chi connectivity index (χ0) is 20.0. The van der Waals surface area contributed by atoms with Crippen LogP contribution in [0.5, 0.6) is 5.75 Å². The maximum atomic E-state index is 6.18. The van der Waals surface area contributed by atoms with Crippen LogP contribution in [0.15, 0.2) is 36.5 Å². The van der Waals surface area contributed by atoms with E-state index in [1.807, 2.05) is 30.5 Å². The monoisotopic (exact) mass is 389 g/mol. The molecule has 0 amide bonds. The first kappa shape index (κ1) is 17.8. The van der Waals surface area contributed by atoms with Gasteiger partial charge in [-0.3, -0.25) is 9.88 Å². The second-order valence-electron chi connectivity index (χ2n) is 7.37. The molecule has 0 saturated heterocycles. The van der Waals surface area contributed by atoms with Crippen molar-refractivity contribution in [2.75, 3.05) is 12.8 Å². The molecule has 1 aliphatic rings.